The van der Waals surface area contributed by atoms with Crippen LogP contribution in [0.2, 0.25) is 0 Å². The largest absolute Gasteiger partial charge is 0.481 e. The van der Waals surface area contributed by atoms with Crippen molar-refractivity contribution < 1.29 is 9.53 Å². The van der Waals surface area contributed by atoms with Crippen LogP contribution >= 0.6 is 11.8 Å². The Morgan fingerprint density at radius 3 is 2.68 bits per heavy atom. The molecule has 0 bridgehead atoms. The fraction of sp³-hybridized carbons (Fsp3) is 0.381. The van der Waals surface area contributed by atoms with Crippen LogP contribution in [0, 0.1) is 0 Å². The van der Waals surface area contributed by atoms with Gasteiger partial charge >= 0.3 is 0 Å². The first-order valence-electron chi connectivity index (χ1n) is 8.93. The third kappa shape index (κ3) is 4.37. The zero-order chi connectivity index (χ0) is 17.6. The third-order valence-corrected chi connectivity index (χ3v) is 5.42. The monoisotopic (exact) mass is 355 g/mol. The van der Waals surface area contributed by atoms with Crippen LogP contribution < -0.4 is 10.1 Å². The van der Waals surface area contributed by atoms with Crippen LogP contribution in [0.5, 0.6) is 5.75 Å². The van der Waals surface area contributed by atoms with E-state index in [0.717, 1.165) is 29.2 Å². The molecule has 3 rings (SSSR count). The molecule has 0 saturated carbocycles. The molecule has 1 aliphatic carbocycles. The number of benzene rings is 2. The number of amides is 1. The summed E-state index contributed by atoms with van der Waals surface area (Å²) >= 11 is 1.62. The fourth-order valence-electron chi connectivity index (χ4n) is 3.23. The molecular weight excluding hydrogens is 330 g/mol. The molecule has 0 spiro atoms. The molecule has 25 heavy (non-hydrogen) atoms. The van der Waals surface area contributed by atoms with Crippen molar-refractivity contribution in [3.8, 4) is 5.75 Å². The maximum Gasteiger partial charge on any atom is 0.265 e. The molecule has 0 aromatic heterocycles. The first-order valence-corrected chi connectivity index (χ1v) is 10.2. The number of ether oxygens (including phenoxy) is 1. The molecule has 0 aliphatic heterocycles. The first kappa shape index (κ1) is 17.9. The molecule has 1 atom stereocenters. The molecule has 3 nitrogen and oxygen atoms in total. The topological polar surface area (TPSA) is 38.3 Å². The summed E-state index contributed by atoms with van der Waals surface area (Å²) in [6.07, 6.45) is 6.91. The van der Waals surface area contributed by atoms with Gasteiger partial charge in [-0.1, -0.05) is 25.1 Å². The van der Waals surface area contributed by atoms with Crippen LogP contribution in [-0.2, 0) is 17.6 Å². The lowest BCUT2D eigenvalue weighted by molar-refractivity contribution is -0.122. The van der Waals surface area contributed by atoms with Gasteiger partial charge in [0.25, 0.3) is 5.91 Å². The molecule has 0 heterocycles. The van der Waals surface area contributed by atoms with Crippen LogP contribution in [0.1, 0.15) is 37.3 Å². The number of rotatable bonds is 6. The molecule has 1 aliphatic rings. The van der Waals surface area contributed by atoms with Crippen molar-refractivity contribution in [3.63, 3.8) is 0 Å². The summed E-state index contributed by atoms with van der Waals surface area (Å²) in [5.74, 6) is 0.697. The summed E-state index contributed by atoms with van der Waals surface area (Å²) < 4.78 is 6.02. The highest BCUT2D eigenvalue weighted by Gasteiger charge is 2.20. The molecule has 1 amide bonds. The summed E-state index contributed by atoms with van der Waals surface area (Å²) in [5.41, 5.74) is 3.63. The SMILES string of the molecule is CCC(Oc1ccc2c(c1)CCCC2)C(=O)Nc1ccccc1SC. The van der Waals surface area contributed by atoms with Gasteiger partial charge in [0.1, 0.15) is 5.75 Å². The van der Waals surface area contributed by atoms with Crippen LogP contribution in [0.15, 0.2) is 47.4 Å². The van der Waals surface area contributed by atoms with Gasteiger partial charge in [-0.15, -0.1) is 11.8 Å². The van der Waals surface area contributed by atoms with E-state index in [2.05, 4.69) is 17.4 Å². The van der Waals surface area contributed by atoms with E-state index in [-0.39, 0.29) is 5.91 Å². The van der Waals surface area contributed by atoms with Crippen molar-refractivity contribution in [2.24, 2.45) is 0 Å². The van der Waals surface area contributed by atoms with E-state index in [1.807, 2.05) is 43.5 Å². The Kier molecular flexibility index (Phi) is 6.03. The number of aryl methyl sites for hydroxylation is 2. The van der Waals surface area contributed by atoms with E-state index in [1.54, 1.807) is 11.8 Å². The van der Waals surface area contributed by atoms with Crippen molar-refractivity contribution in [2.45, 2.75) is 50.0 Å². The first-order chi connectivity index (χ1) is 12.2. The lowest BCUT2D eigenvalue weighted by Crippen LogP contribution is -2.32. The van der Waals surface area contributed by atoms with Crippen molar-refractivity contribution in [3.05, 3.63) is 53.6 Å². The van der Waals surface area contributed by atoms with Crippen molar-refractivity contribution >= 4 is 23.4 Å². The number of fused-ring (bicyclic) bond motifs is 1. The van der Waals surface area contributed by atoms with Gasteiger partial charge in [-0.3, -0.25) is 4.79 Å². The summed E-state index contributed by atoms with van der Waals surface area (Å²) in [6.45, 7) is 1.98. The van der Waals surface area contributed by atoms with Gasteiger partial charge in [-0.2, -0.15) is 0 Å². The molecule has 0 radical (unpaired) electrons. The number of para-hydroxylation sites is 1. The Labute approximate surface area is 154 Å². The second-order valence-corrected chi connectivity index (χ2v) is 7.19. The van der Waals surface area contributed by atoms with Gasteiger partial charge in [0, 0.05) is 4.90 Å². The quantitative estimate of drug-likeness (QED) is 0.734. The van der Waals surface area contributed by atoms with Gasteiger partial charge < -0.3 is 10.1 Å². The van der Waals surface area contributed by atoms with E-state index < -0.39 is 6.10 Å². The van der Waals surface area contributed by atoms with E-state index >= 15 is 0 Å². The van der Waals surface area contributed by atoms with E-state index in [4.69, 9.17) is 4.74 Å². The van der Waals surface area contributed by atoms with Crippen molar-refractivity contribution in [2.75, 3.05) is 11.6 Å². The Morgan fingerprint density at radius 2 is 1.92 bits per heavy atom. The van der Waals surface area contributed by atoms with Gasteiger partial charge in [0.15, 0.2) is 6.10 Å². The van der Waals surface area contributed by atoms with Gasteiger partial charge in [0.05, 0.1) is 5.69 Å². The van der Waals surface area contributed by atoms with Crippen LogP contribution in [0.25, 0.3) is 0 Å². The molecule has 1 N–H and O–H groups in total. The van der Waals surface area contributed by atoms with Crippen molar-refractivity contribution in [1.82, 2.24) is 0 Å². The molecule has 0 saturated heterocycles. The zero-order valence-corrected chi connectivity index (χ0v) is 15.7. The average Bonchev–Trinajstić information content (AvgIpc) is 2.66. The maximum absolute atomic E-state index is 12.7. The lowest BCUT2D eigenvalue weighted by atomic mass is 9.92. The predicted molar refractivity (Wildman–Crippen MR) is 105 cm³/mol. The number of anilines is 1. The molecule has 132 valence electrons. The highest BCUT2D eigenvalue weighted by Crippen LogP contribution is 2.27. The number of hydrogen-bond donors (Lipinski definition) is 1. The molecular formula is C21H25NO2S. The van der Waals surface area contributed by atoms with E-state index in [0.29, 0.717) is 6.42 Å². The number of nitrogens with one attached hydrogen (secondary N) is 1. The third-order valence-electron chi connectivity index (χ3n) is 4.63. The lowest BCUT2D eigenvalue weighted by Gasteiger charge is -2.21. The predicted octanol–water partition coefficient (Wildman–Crippen LogP) is 5.08. The van der Waals surface area contributed by atoms with E-state index in [1.165, 1.54) is 24.0 Å². The normalized spacial score (nSPS) is 14.5. The Morgan fingerprint density at radius 1 is 1.16 bits per heavy atom. The van der Waals surface area contributed by atoms with Crippen LogP contribution in [0.3, 0.4) is 0 Å². The second kappa shape index (κ2) is 8.43. The second-order valence-electron chi connectivity index (χ2n) is 6.34. The zero-order valence-electron chi connectivity index (χ0n) is 14.9. The molecule has 1 unspecified atom stereocenters. The average molecular weight is 356 g/mol. The summed E-state index contributed by atoms with van der Waals surface area (Å²) in [5, 5.41) is 3.01. The van der Waals surface area contributed by atoms with E-state index in [9.17, 15) is 4.79 Å². The summed E-state index contributed by atoms with van der Waals surface area (Å²) in [4.78, 5) is 13.7. The molecule has 2 aromatic carbocycles. The Balaban J connectivity index is 1.70. The Hall–Kier alpha value is -1.94. The van der Waals surface area contributed by atoms with Gasteiger partial charge in [-0.25, -0.2) is 0 Å². The smallest absolute Gasteiger partial charge is 0.265 e. The minimum atomic E-state index is -0.489. The van der Waals surface area contributed by atoms with Crippen molar-refractivity contribution in [1.29, 1.82) is 0 Å². The summed E-state index contributed by atoms with van der Waals surface area (Å²) in [7, 11) is 0. The van der Waals surface area contributed by atoms with Crippen LogP contribution in [0.4, 0.5) is 5.69 Å². The maximum atomic E-state index is 12.7. The van der Waals surface area contributed by atoms with Gasteiger partial charge in [-0.05, 0) is 73.8 Å². The number of thioether (sulfide) groups is 1. The molecule has 4 heteroatoms. The number of hydrogen-bond acceptors (Lipinski definition) is 3. The molecule has 2 aromatic rings. The number of carbonyl (C=O) groups excluding carboxylic acids is 1. The highest BCUT2D eigenvalue weighted by molar-refractivity contribution is 7.98. The Bertz CT molecular complexity index is 744. The fourth-order valence-corrected chi connectivity index (χ4v) is 3.78. The minimum Gasteiger partial charge on any atom is -0.481 e. The highest BCUT2D eigenvalue weighted by atomic mass is 32.2. The number of carbonyl (C=O) groups is 1. The van der Waals surface area contributed by atoms with Crippen LogP contribution in [-0.4, -0.2) is 18.3 Å². The van der Waals surface area contributed by atoms with Gasteiger partial charge in [0.2, 0.25) is 0 Å². The minimum absolute atomic E-state index is 0.0956. The summed E-state index contributed by atoms with van der Waals surface area (Å²) in [6, 6.07) is 14.1. The standard InChI is InChI=1S/C21H25NO2S/c1-3-19(21(23)22-18-10-6-7-11-20(18)25-2)24-17-13-12-15-8-4-5-9-16(15)14-17/h6-7,10-14,19H,3-5,8-9H2,1-2H3,(H,22,23). The molecule has 0 fully saturated rings.